The predicted molar refractivity (Wildman–Crippen MR) is 61.6 cm³/mol. The Hall–Kier alpha value is -1.46. The molecule has 0 aliphatic heterocycles. The van der Waals surface area contributed by atoms with Crippen molar-refractivity contribution in [1.29, 1.82) is 0 Å². The Morgan fingerprint density at radius 2 is 2.13 bits per heavy atom. The molecule has 0 aliphatic rings. The first kappa shape index (κ1) is 10.1. The molecule has 0 saturated heterocycles. The fraction of sp³-hybridized carbons (Fsp3) is 0.200. The van der Waals surface area contributed by atoms with Crippen LogP contribution in [0.5, 0.6) is 0 Å². The Morgan fingerprint density at radius 1 is 1.33 bits per heavy atom. The summed E-state index contributed by atoms with van der Waals surface area (Å²) in [5, 5.41) is 4.15. The number of rotatable bonds is 4. The normalized spacial score (nSPS) is 10.2. The first-order chi connectivity index (χ1) is 7.38. The highest BCUT2D eigenvalue weighted by Gasteiger charge is 1.99. The van der Waals surface area contributed by atoms with Crippen molar-refractivity contribution in [2.75, 3.05) is 5.32 Å². The highest BCUT2D eigenvalue weighted by molar-refractivity contribution is 7.15. The Bertz CT molecular complexity index is 412. The lowest BCUT2D eigenvalue weighted by molar-refractivity contribution is 1.09. The molecule has 0 saturated carbocycles. The van der Waals surface area contributed by atoms with Crippen LogP contribution in [-0.2, 0) is 13.1 Å². The van der Waals surface area contributed by atoms with Gasteiger partial charge in [-0.2, -0.15) is 0 Å². The number of nitrogens with one attached hydrogen (secondary N) is 1. The standard InChI is InChI=1S/C10H12N4S/c11-5-9-7-14-10(15-9)13-6-8-1-3-12-4-2-8/h1-4,7H,5-6,11H2,(H,13,14). The summed E-state index contributed by atoms with van der Waals surface area (Å²) >= 11 is 1.59. The van der Waals surface area contributed by atoms with Crippen LogP contribution in [0.25, 0.3) is 0 Å². The van der Waals surface area contributed by atoms with Gasteiger partial charge in [-0.3, -0.25) is 4.98 Å². The van der Waals surface area contributed by atoms with Crippen molar-refractivity contribution in [3.63, 3.8) is 0 Å². The van der Waals surface area contributed by atoms with E-state index in [1.165, 1.54) is 5.56 Å². The number of nitrogens with two attached hydrogens (primary N) is 1. The van der Waals surface area contributed by atoms with Gasteiger partial charge in [0.1, 0.15) is 0 Å². The summed E-state index contributed by atoms with van der Waals surface area (Å²) in [6, 6.07) is 3.95. The third-order valence-electron chi connectivity index (χ3n) is 1.95. The van der Waals surface area contributed by atoms with E-state index in [1.54, 1.807) is 29.9 Å². The summed E-state index contributed by atoms with van der Waals surface area (Å²) in [6.45, 7) is 1.31. The monoisotopic (exact) mass is 220 g/mol. The van der Waals surface area contributed by atoms with Crippen molar-refractivity contribution < 1.29 is 0 Å². The van der Waals surface area contributed by atoms with E-state index < -0.39 is 0 Å². The summed E-state index contributed by atoms with van der Waals surface area (Å²) < 4.78 is 0. The Labute approximate surface area is 92.2 Å². The number of pyridine rings is 1. The number of hydrogen-bond donors (Lipinski definition) is 2. The highest BCUT2D eigenvalue weighted by atomic mass is 32.1. The lowest BCUT2D eigenvalue weighted by Gasteiger charge is -2.01. The molecule has 4 nitrogen and oxygen atoms in total. The summed E-state index contributed by atoms with van der Waals surface area (Å²) in [5.74, 6) is 0. The van der Waals surface area contributed by atoms with Gasteiger partial charge in [-0.1, -0.05) is 0 Å². The SMILES string of the molecule is NCc1cnc(NCc2ccncc2)s1. The number of thiazole rings is 1. The van der Waals surface area contributed by atoms with Crippen LogP contribution in [0.2, 0.25) is 0 Å². The molecule has 2 heterocycles. The smallest absolute Gasteiger partial charge is 0.183 e. The average Bonchev–Trinajstić information content (AvgIpc) is 2.76. The lowest BCUT2D eigenvalue weighted by Crippen LogP contribution is -1.98. The van der Waals surface area contributed by atoms with Crippen molar-refractivity contribution in [3.05, 3.63) is 41.2 Å². The van der Waals surface area contributed by atoms with E-state index in [2.05, 4.69) is 15.3 Å². The second-order valence-corrected chi connectivity index (χ2v) is 4.16. The molecule has 2 aromatic rings. The minimum absolute atomic E-state index is 0.550. The van der Waals surface area contributed by atoms with Gasteiger partial charge in [-0.15, -0.1) is 11.3 Å². The predicted octanol–water partition coefficient (Wildman–Crippen LogP) is 1.61. The van der Waals surface area contributed by atoms with Crippen molar-refractivity contribution in [2.45, 2.75) is 13.1 Å². The van der Waals surface area contributed by atoms with Gasteiger partial charge in [0.05, 0.1) is 0 Å². The van der Waals surface area contributed by atoms with Gasteiger partial charge < -0.3 is 11.1 Å². The maximum Gasteiger partial charge on any atom is 0.183 e. The summed E-state index contributed by atoms with van der Waals surface area (Å²) in [4.78, 5) is 9.26. The van der Waals surface area contributed by atoms with Crippen LogP contribution in [0.1, 0.15) is 10.4 Å². The van der Waals surface area contributed by atoms with Crippen LogP contribution in [0.3, 0.4) is 0 Å². The van der Waals surface area contributed by atoms with Gasteiger partial charge in [0.25, 0.3) is 0 Å². The van der Waals surface area contributed by atoms with Crippen LogP contribution in [0.15, 0.2) is 30.7 Å². The zero-order valence-corrected chi connectivity index (χ0v) is 9.00. The van der Waals surface area contributed by atoms with E-state index in [9.17, 15) is 0 Å². The van der Waals surface area contributed by atoms with Gasteiger partial charge in [0, 0.05) is 36.6 Å². The largest absolute Gasteiger partial charge is 0.357 e. The minimum Gasteiger partial charge on any atom is -0.357 e. The van der Waals surface area contributed by atoms with E-state index >= 15 is 0 Å². The van der Waals surface area contributed by atoms with Crippen molar-refractivity contribution in [1.82, 2.24) is 9.97 Å². The molecule has 0 aromatic carbocycles. The molecule has 0 spiro atoms. The van der Waals surface area contributed by atoms with Gasteiger partial charge >= 0.3 is 0 Å². The van der Waals surface area contributed by atoms with E-state index in [1.807, 2.05) is 12.1 Å². The zero-order valence-electron chi connectivity index (χ0n) is 8.18. The third-order valence-corrected chi connectivity index (χ3v) is 2.93. The molecule has 5 heteroatoms. The maximum atomic E-state index is 5.50. The lowest BCUT2D eigenvalue weighted by atomic mass is 10.3. The first-order valence-corrected chi connectivity index (χ1v) is 5.47. The van der Waals surface area contributed by atoms with Crippen LogP contribution in [0, 0.1) is 0 Å². The van der Waals surface area contributed by atoms with Crippen LogP contribution < -0.4 is 11.1 Å². The van der Waals surface area contributed by atoms with Crippen LogP contribution in [0.4, 0.5) is 5.13 Å². The molecule has 0 bridgehead atoms. The Morgan fingerprint density at radius 3 is 2.80 bits per heavy atom. The Balaban J connectivity index is 1.93. The molecular formula is C10H12N4S. The third kappa shape index (κ3) is 2.74. The first-order valence-electron chi connectivity index (χ1n) is 4.66. The quantitative estimate of drug-likeness (QED) is 0.821. The van der Waals surface area contributed by atoms with Crippen molar-refractivity contribution in [3.8, 4) is 0 Å². The zero-order chi connectivity index (χ0) is 10.5. The van der Waals surface area contributed by atoms with Crippen molar-refractivity contribution >= 4 is 16.5 Å². The van der Waals surface area contributed by atoms with Crippen molar-refractivity contribution in [2.24, 2.45) is 5.73 Å². The molecule has 0 aliphatic carbocycles. The molecule has 2 aromatic heterocycles. The number of anilines is 1. The molecule has 15 heavy (non-hydrogen) atoms. The van der Waals surface area contributed by atoms with E-state index in [0.29, 0.717) is 6.54 Å². The van der Waals surface area contributed by atoms with E-state index in [4.69, 9.17) is 5.73 Å². The number of hydrogen-bond acceptors (Lipinski definition) is 5. The molecule has 0 amide bonds. The van der Waals surface area contributed by atoms with Gasteiger partial charge in [0.2, 0.25) is 0 Å². The molecule has 78 valence electrons. The van der Waals surface area contributed by atoms with Crippen LogP contribution in [-0.4, -0.2) is 9.97 Å². The molecule has 0 radical (unpaired) electrons. The average molecular weight is 220 g/mol. The second-order valence-electron chi connectivity index (χ2n) is 3.04. The summed E-state index contributed by atoms with van der Waals surface area (Å²) in [7, 11) is 0. The number of aromatic nitrogens is 2. The maximum absolute atomic E-state index is 5.50. The fourth-order valence-electron chi connectivity index (χ4n) is 1.16. The van der Waals surface area contributed by atoms with Gasteiger partial charge in [-0.25, -0.2) is 4.98 Å². The molecule has 0 atom stereocenters. The molecule has 3 N–H and O–H groups in total. The fourth-order valence-corrected chi connectivity index (χ4v) is 1.85. The van der Waals surface area contributed by atoms with E-state index in [-0.39, 0.29) is 0 Å². The summed E-state index contributed by atoms with van der Waals surface area (Å²) in [6.07, 6.45) is 5.37. The molecule has 0 unspecified atom stereocenters. The number of nitrogens with zero attached hydrogens (tertiary/aromatic N) is 2. The van der Waals surface area contributed by atoms with E-state index in [0.717, 1.165) is 16.6 Å². The molecule has 0 fully saturated rings. The van der Waals surface area contributed by atoms with Gasteiger partial charge in [0.15, 0.2) is 5.13 Å². The minimum atomic E-state index is 0.550. The highest BCUT2D eigenvalue weighted by Crippen LogP contribution is 2.17. The molecular weight excluding hydrogens is 208 g/mol. The van der Waals surface area contributed by atoms with Crippen LogP contribution >= 0.6 is 11.3 Å². The molecule has 2 rings (SSSR count). The topological polar surface area (TPSA) is 63.8 Å². The second kappa shape index (κ2) is 4.86. The summed E-state index contributed by atoms with van der Waals surface area (Å²) in [5.41, 5.74) is 6.69. The van der Waals surface area contributed by atoms with Gasteiger partial charge in [-0.05, 0) is 17.7 Å². The Kier molecular flexibility index (Phi) is 3.26.